The predicted octanol–water partition coefficient (Wildman–Crippen LogP) is 3.20. The van der Waals surface area contributed by atoms with E-state index in [0.29, 0.717) is 42.2 Å². The minimum atomic E-state index is -0.340. The van der Waals surface area contributed by atoms with Gasteiger partial charge in [-0.3, -0.25) is 9.36 Å². The van der Waals surface area contributed by atoms with Crippen molar-refractivity contribution in [2.75, 3.05) is 13.2 Å². The summed E-state index contributed by atoms with van der Waals surface area (Å²) in [4.78, 5) is 17.1. The highest BCUT2D eigenvalue weighted by molar-refractivity contribution is 5.74. The average Bonchev–Trinajstić information content (AvgIpc) is 3.17. The van der Waals surface area contributed by atoms with Crippen LogP contribution in [0.5, 0.6) is 11.5 Å². The third kappa shape index (κ3) is 3.96. The molecule has 0 aliphatic rings. The molecule has 4 rings (SSSR count). The lowest BCUT2D eigenvalue weighted by Crippen LogP contribution is -2.23. The van der Waals surface area contributed by atoms with Crippen LogP contribution in [0.25, 0.3) is 16.7 Å². The fourth-order valence-electron chi connectivity index (χ4n) is 2.94. The highest BCUT2D eigenvalue weighted by atomic mass is 19.1. The van der Waals surface area contributed by atoms with Gasteiger partial charge in [0.2, 0.25) is 0 Å². The van der Waals surface area contributed by atoms with Crippen LogP contribution in [0.15, 0.2) is 65.8 Å². The number of halogens is 1. The molecule has 0 bridgehead atoms. The van der Waals surface area contributed by atoms with Crippen molar-refractivity contribution in [2.24, 2.45) is 0 Å². The minimum Gasteiger partial charge on any atom is -0.494 e. The Labute approximate surface area is 165 Å². The van der Waals surface area contributed by atoms with Gasteiger partial charge in [0.1, 0.15) is 35.6 Å². The Morgan fingerprint density at radius 3 is 2.38 bits per heavy atom. The van der Waals surface area contributed by atoms with E-state index < -0.39 is 0 Å². The van der Waals surface area contributed by atoms with Crippen LogP contribution >= 0.6 is 0 Å². The van der Waals surface area contributed by atoms with E-state index in [4.69, 9.17) is 9.47 Å². The predicted molar refractivity (Wildman–Crippen MR) is 106 cm³/mol. The second kappa shape index (κ2) is 8.14. The first-order valence-corrected chi connectivity index (χ1v) is 9.20. The van der Waals surface area contributed by atoms with Crippen molar-refractivity contribution in [1.82, 2.24) is 19.3 Å². The molecular formula is C21H19FN4O3. The molecule has 0 saturated heterocycles. The molecule has 0 unspecified atom stereocenters. The zero-order valence-electron chi connectivity index (χ0n) is 15.8. The normalized spacial score (nSPS) is 11.0. The van der Waals surface area contributed by atoms with Crippen LogP contribution < -0.4 is 15.0 Å². The van der Waals surface area contributed by atoms with Crippen molar-refractivity contribution in [3.63, 3.8) is 0 Å². The summed E-state index contributed by atoms with van der Waals surface area (Å²) in [5, 5.41) is 4.61. The van der Waals surface area contributed by atoms with Crippen molar-refractivity contribution >= 4 is 11.0 Å². The number of ether oxygens (including phenoxy) is 2. The molecule has 0 radical (unpaired) electrons. The number of nitrogens with zero attached hydrogens (tertiary/aromatic N) is 4. The van der Waals surface area contributed by atoms with Gasteiger partial charge in [-0.1, -0.05) is 0 Å². The quantitative estimate of drug-likeness (QED) is 0.481. The SMILES string of the molecule is CCOc1ccc(OCCn2cnc3c(cnn3-c3ccc(F)cc3)c2=O)cc1. The number of aromatic nitrogens is 4. The molecule has 7 nitrogen and oxygen atoms in total. The summed E-state index contributed by atoms with van der Waals surface area (Å²) >= 11 is 0. The summed E-state index contributed by atoms with van der Waals surface area (Å²) in [6.07, 6.45) is 2.94. The van der Waals surface area contributed by atoms with E-state index in [1.807, 2.05) is 31.2 Å². The van der Waals surface area contributed by atoms with E-state index >= 15 is 0 Å². The van der Waals surface area contributed by atoms with Crippen LogP contribution in [0, 0.1) is 5.82 Å². The third-order valence-electron chi connectivity index (χ3n) is 4.36. The topological polar surface area (TPSA) is 71.2 Å². The molecule has 0 aliphatic heterocycles. The first-order chi connectivity index (χ1) is 14.2. The van der Waals surface area contributed by atoms with Gasteiger partial charge >= 0.3 is 0 Å². The summed E-state index contributed by atoms with van der Waals surface area (Å²) in [5.74, 6) is 1.14. The molecule has 0 amide bonds. The first kappa shape index (κ1) is 18.7. The van der Waals surface area contributed by atoms with Crippen molar-refractivity contribution in [2.45, 2.75) is 13.5 Å². The zero-order chi connectivity index (χ0) is 20.2. The van der Waals surface area contributed by atoms with E-state index in [1.165, 1.54) is 33.9 Å². The maximum Gasteiger partial charge on any atom is 0.264 e. The van der Waals surface area contributed by atoms with E-state index in [0.717, 1.165) is 5.75 Å². The lowest BCUT2D eigenvalue weighted by Gasteiger charge is -2.09. The molecule has 0 spiro atoms. The fraction of sp³-hybridized carbons (Fsp3) is 0.190. The number of hydrogen-bond donors (Lipinski definition) is 0. The summed E-state index contributed by atoms with van der Waals surface area (Å²) in [7, 11) is 0. The van der Waals surface area contributed by atoms with Gasteiger partial charge in [-0.2, -0.15) is 5.10 Å². The number of hydrogen-bond acceptors (Lipinski definition) is 5. The molecule has 4 aromatic rings. The van der Waals surface area contributed by atoms with E-state index in [2.05, 4.69) is 10.1 Å². The molecule has 0 fully saturated rings. The Morgan fingerprint density at radius 1 is 1.00 bits per heavy atom. The van der Waals surface area contributed by atoms with Crippen molar-refractivity contribution in [3.8, 4) is 17.2 Å². The van der Waals surface area contributed by atoms with Crippen molar-refractivity contribution in [1.29, 1.82) is 0 Å². The summed E-state index contributed by atoms with van der Waals surface area (Å²) in [6, 6.07) is 13.2. The molecule has 148 valence electrons. The number of rotatable bonds is 7. The van der Waals surface area contributed by atoms with Crippen LogP contribution in [0.3, 0.4) is 0 Å². The van der Waals surface area contributed by atoms with Crippen LogP contribution in [0.4, 0.5) is 4.39 Å². The maximum atomic E-state index is 13.1. The second-order valence-corrected chi connectivity index (χ2v) is 6.27. The second-order valence-electron chi connectivity index (χ2n) is 6.27. The molecular weight excluding hydrogens is 375 g/mol. The average molecular weight is 394 g/mol. The Balaban J connectivity index is 1.48. The minimum absolute atomic E-state index is 0.210. The Bertz CT molecular complexity index is 1170. The van der Waals surface area contributed by atoms with Crippen LogP contribution in [-0.2, 0) is 6.54 Å². The highest BCUT2D eigenvalue weighted by Crippen LogP contribution is 2.17. The monoisotopic (exact) mass is 394 g/mol. The Kier molecular flexibility index (Phi) is 5.24. The van der Waals surface area contributed by atoms with Gasteiger partial charge in [0, 0.05) is 0 Å². The lowest BCUT2D eigenvalue weighted by atomic mass is 10.3. The molecule has 0 aliphatic carbocycles. The molecule has 2 aromatic carbocycles. The van der Waals surface area contributed by atoms with Gasteiger partial charge in [-0.15, -0.1) is 0 Å². The van der Waals surface area contributed by atoms with E-state index in [1.54, 1.807) is 12.1 Å². The fourth-order valence-corrected chi connectivity index (χ4v) is 2.94. The summed E-state index contributed by atoms with van der Waals surface area (Å²) < 4.78 is 27.2. The molecule has 0 saturated carbocycles. The molecule has 29 heavy (non-hydrogen) atoms. The van der Waals surface area contributed by atoms with Gasteiger partial charge in [-0.05, 0) is 55.5 Å². The lowest BCUT2D eigenvalue weighted by molar-refractivity contribution is 0.294. The summed E-state index contributed by atoms with van der Waals surface area (Å²) in [6.45, 7) is 3.19. The Hall–Kier alpha value is -3.68. The van der Waals surface area contributed by atoms with Crippen LogP contribution in [-0.4, -0.2) is 32.5 Å². The molecule has 0 N–H and O–H groups in total. The van der Waals surface area contributed by atoms with Crippen LogP contribution in [0.1, 0.15) is 6.92 Å². The van der Waals surface area contributed by atoms with Gasteiger partial charge in [-0.25, -0.2) is 14.1 Å². The maximum absolute atomic E-state index is 13.1. The first-order valence-electron chi connectivity index (χ1n) is 9.20. The zero-order valence-corrected chi connectivity index (χ0v) is 15.8. The van der Waals surface area contributed by atoms with Crippen molar-refractivity contribution < 1.29 is 13.9 Å². The van der Waals surface area contributed by atoms with Gasteiger partial charge in [0.05, 0.1) is 25.0 Å². The van der Waals surface area contributed by atoms with Gasteiger partial charge < -0.3 is 9.47 Å². The smallest absolute Gasteiger partial charge is 0.264 e. The molecule has 8 heteroatoms. The summed E-state index contributed by atoms with van der Waals surface area (Å²) in [5.41, 5.74) is 0.842. The largest absolute Gasteiger partial charge is 0.494 e. The third-order valence-corrected chi connectivity index (χ3v) is 4.36. The van der Waals surface area contributed by atoms with E-state index in [-0.39, 0.29) is 11.4 Å². The van der Waals surface area contributed by atoms with E-state index in [9.17, 15) is 9.18 Å². The molecule has 2 aromatic heterocycles. The molecule has 2 heterocycles. The van der Waals surface area contributed by atoms with Crippen LogP contribution in [0.2, 0.25) is 0 Å². The highest BCUT2D eigenvalue weighted by Gasteiger charge is 2.11. The van der Waals surface area contributed by atoms with Gasteiger partial charge in [0.15, 0.2) is 5.65 Å². The number of benzene rings is 2. The standard InChI is InChI=1S/C21H19FN4O3/c1-2-28-17-7-9-18(10-8-17)29-12-11-25-14-23-20-19(21(25)27)13-24-26(20)16-5-3-15(22)4-6-16/h3-10,13-14H,2,11-12H2,1H3. The van der Waals surface area contributed by atoms with Crippen molar-refractivity contribution in [3.05, 3.63) is 77.2 Å². The molecule has 0 atom stereocenters. The number of fused-ring (bicyclic) bond motifs is 1. The Morgan fingerprint density at radius 2 is 1.69 bits per heavy atom. The van der Waals surface area contributed by atoms with Gasteiger partial charge in [0.25, 0.3) is 5.56 Å².